The average Bonchev–Trinajstić information content (AvgIpc) is 3.28. The number of aryl methyl sites for hydroxylation is 1. The number of fused-ring (bicyclic) bond motifs is 1. The van der Waals surface area contributed by atoms with Crippen molar-refractivity contribution in [3.05, 3.63) is 89.9 Å². The number of rotatable bonds is 9. The second-order valence-corrected chi connectivity index (χ2v) is 7.66. The Morgan fingerprint density at radius 2 is 1.68 bits per heavy atom. The summed E-state index contributed by atoms with van der Waals surface area (Å²) < 4.78 is 13.1. The first kappa shape index (κ1) is 22.8. The van der Waals surface area contributed by atoms with E-state index in [-0.39, 0.29) is 18.4 Å². The Bertz CT molecular complexity index is 1280. The van der Waals surface area contributed by atoms with Gasteiger partial charge >= 0.3 is 0 Å². The van der Waals surface area contributed by atoms with Gasteiger partial charge in [-0.25, -0.2) is 4.98 Å². The van der Waals surface area contributed by atoms with Crippen LogP contribution in [0.15, 0.2) is 73.1 Å². The van der Waals surface area contributed by atoms with Gasteiger partial charge in [0.2, 0.25) is 5.91 Å². The summed E-state index contributed by atoms with van der Waals surface area (Å²) in [6, 6.07) is 17.8. The molecular weight excluding hydrogens is 432 g/mol. The largest absolute Gasteiger partial charge is 0.494 e. The van der Waals surface area contributed by atoms with Gasteiger partial charge in [-0.1, -0.05) is 6.07 Å². The number of nitrogens with one attached hydrogen (secondary N) is 2. The van der Waals surface area contributed by atoms with Gasteiger partial charge in [0, 0.05) is 23.6 Å². The first-order valence-electron chi connectivity index (χ1n) is 11.0. The molecule has 0 spiro atoms. The number of pyridine rings is 1. The third kappa shape index (κ3) is 5.72. The van der Waals surface area contributed by atoms with Gasteiger partial charge in [-0.15, -0.1) is 0 Å². The van der Waals surface area contributed by atoms with Crippen LogP contribution in [0.1, 0.15) is 28.5 Å². The Morgan fingerprint density at radius 1 is 0.971 bits per heavy atom. The number of imidazole rings is 1. The van der Waals surface area contributed by atoms with Gasteiger partial charge in [0.15, 0.2) is 0 Å². The monoisotopic (exact) mass is 458 g/mol. The van der Waals surface area contributed by atoms with Gasteiger partial charge < -0.3 is 24.5 Å². The molecule has 8 heteroatoms. The highest BCUT2D eigenvalue weighted by Crippen LogP contribution is 2.17. The fourth-order valence-electron chi connectivity index (χ4n) is 3.40. The van der Waals surface area contributed by atoms with E-state index in [9.17, 15) is 9.59 Å². The normalized spacial score (nSPS) is 10.6. The number of carbonyl (C=O) groups is 2. The van der Waals surface area contributed by atoms with E-state index in [1.165, 1.54) is 0 Å². The van der Waals surface area contributed by atoms with Crippen molar-refractivity contribution in [2.24, 2.45) is 0 Å². The number of hydrogen-bond donors (Lipinski definition) is 2. The van der Waals surface area contributed by atoms with Gasteiger partial charge in [-0.3, -0.25) is 9.59 Å². The van der Waals surface area contributed by atoms with Crippen LogP contribution in [0.3, 0.4) is 0 Å². The lowest BCUT2D eigenvalue weighted by Gasteiger charge is -2.09. The molecule has 2 heterocycles. The van der Waals surface area contributed by atoms with Crippen LogP contribution in [0, 0.1) is 6.92 Å². The number of hydrogen-bond acceptors (Lipinski definition) is 5. The third-order valence-electron chi connectivity index (χ3n) is 5.09. The fraction of sp³-hybridized carbons (Fsp3) is 0.192. The van der Waals surface area contributed by atoms with E-state index in [1.807, 2.05) is 42.8 Å². The standard InChI is InChI=1S/C26H26N4O4/c1-3-33-22-12-8-20(9-13-22)28-24(31)15-27-26(32)19-6-10-23(11-7-19)34-17-21-16-30-14-4-5-18(2)25(30)29-21/h4-14,16H,3,15,17H2,1-2H3,(H,27,32)(H,28,31). The van der Waals surface area contributed by atoms with Crippen molar-refractivity contribution >= 4 is 23.1 Å². The molecule has 2 N–H and O–H groups in total. The van der Waals surface area contributed by atoms with E-state index in [1.54, 1.807) is 48.5 Å². The van der Waals surface area contributed by atoms with Crippen molar-refractivity contribution in [2.45, 2.75) is 20.5 Å². The number of nitrogens with zero attached hydrogens (tertiary/aromatic N) is 2. The number of carbonyl (C=O) groups excluding carboxylic acids is 2. The van der Waals surface area contributed by atoms with Crippen molar-refractivity contribution in [3.8, 4) is 11.5 Å². The Hall–Kier alpha value is -4.33. The van der Waals surface area contributed by atoms with Crippen molar-refractivity contribution in [2.75, 3.05) is 18.5 Å². The van der Waals surface area contributed by atoms with Crippen LogP contribution in [0.4, 0.5) is 5.69 Å². The van der Waals surface area contributed by atoms with Crippen LogP contribution in [-0.2, 0) is 11.4 Å². The average molecular weight is 459 g/mol. The van der Waals surface area contributed by atoms with Crippen LogP contribution < -0.4 is 20.1 Å². The number of aromatic nitrogens is 2. The molecule has 174 valence electrons. The molecule has 0 aliphatic carbocycles. The van der Waals surface area contributed by atoms with Crippen LogP contribution in [-0.4, -0.2) is 34.4 Å². The van der Waals surface area contributed by atoms with Gasteiger partial charge in [0.05, 0.1) is 18.8 Å². The maximum Gasteiger partial charge on any atom is 0.251 e. The molecule has 0 saturated heterocycles. The van der Waals surface area contributed by atoms with Crippen molar-refractivity contribution < 1.29 is 19.1 Å². The zero-order valence-corrected chi connectivity index (χ0v) is 19.1. The van der Waals surface area contributed by atoms with Gasteiger partial charge in [0.1, 0.15) is 23.8 Å². The summed E-state index contributed by atoms with van der Waals surface area (Å²) in [4.78, 5) is 29.1. The maximum absolute atomic E-state index is 12.4. The summed E-state index contributed by atoms with van der Waals surface area (Å²) in [5.74, 6) is 0.692. The Labute approximate surface area is 197 Å². The number of amides is 2. The molecule has 0 aliphatic heterocycles. The molecule has 2 amide bonds. The van der Waals surface area contributed by atoms with E-state index in [4.69, 9.17) is 9.47 Å². The molecule has 0 unspecified atom stereocenters. The summed E-state index contributed by atoms with van der Waals surface area (Å²) in [5.41, 5.74) is 3.88. The smallest absolute Gasteiger partial charge is 0.251 e. The molecule has 0 atom stereocenters. The highest BCUT2D eigenvalue weighted by atomic mass is 16.5. The Kier molecular flexibility index (Phi) is 7.07. The quantitative estimate of drug-likeness (QED) is 0.396. The maximum atomic E-state index is 12.4. The molecule has 2 aromatic carbocycles. The lowest BCUT2D eigenvalue weighted by molar-refractivity contribution is -0.115. The van der Waals surface area contributed by atoms with Crippen LogP contribution in [0.25, 0.3) is 5.65 Å². The van der Waals surface area contributed by atoms with E-state index in [0.717, 1.165) is 22.7 Å². The number of benzene rings is 2. The number of anilines is 1. The van der Waals surface area contributed by atoms with Crippen molar-refractivity contribution in [1.29, 1.82) is 0 Å². The molecule has 2 aromatic heterocycles. The first-order valence-corrected chi connectivity index (χ1v) is 11.0. The van der Waals surface area contributed by atoms with Crippen molar-refractivity contribution in [3.63, 3.8) is 0 Å². The van der Waals surface area contributed by atoms with Crippen molar-refractivity contribution in [1.82, 2.24) is 14.7 Å². The zero-order valence-electron chi connectivity index (χ0n) is 19.1. The van der Waals surface area contributed by atoms with E-state index < -0.39 is 0 Å². The molecule has 0 fully saturated rings. The van der Waals surface area contributed by atoms with Gasteiger partial charge in [-0.05, 0) is 74.0 Å². The second kappa shape index (κ2) is 10.5. The van der Waals surface area contributed by atoms with Crippen LogP contribution in [0.5, 0.6) is 11.5 Å². The SMILES string of the molecule is CCOc1ccc(NC(=O)CNC(=O)c2ccc(OCc3cn4cccc(C)c4n3)cc2)cc1. The van der Waals surface area contributed by atoms with E-state index >= 15 is 0 Å². The van der Waals surface area contributed by atoms with Crippen LogP contribution >= 0.6 is 0 Å². The molecule has 4 aromatic rings. The topological polar surface area (TPSA) is 94.0 Å². The lowest BCUT2D eigenvalue weighted by Crippen LogP contribution is -2.32. The minimum absolute atomic E-state index is 0.141. The lowest BCUT2D eigenvalue weighted by atomic mass is 10.2. The Morgan fingerprint density at radius 3 is 2.38 bits per heavy atom. The fourth-order valence-corrected chi connectivity index (χ4v) is 3.40. The molecular formula is C26H26N4O4. The number of ether oxygens (including phenoxy) is 2. The summed E-state index contributed by atoms with van der Waals surface area (Å²) in [5, 5.41) is 5.35. The predicted molar refractivity (Wildman–Crippen MR) is 129 cm³/mol. The molecule has 8 nitrogen and oxygen atoms in total. The van der Waals surface area contributed by atoms with E-state index in [2.05, 4.69) is 15.6 Å². The highest BCUT2D eigenvalue weighted by molar-refractivity contribution is 5.99. The minimum atomic E-state index is -0.343. The summed E-state index contributed by atoms with van der Waals surface area (Å²) in [7, 11) is 0. The van der Waals surface area contributed by atoms with Gasteiger partial charge in [-0.2, -0.15) is 0 Å². The molecule has 0 radical (unpaired) electrons. The molecule has 4 rings (SSSR count). The third-order valence-corrected chi connectivity index (χ3v) is 5.09. The van der Waals surface area contributed by atoms with E-state index in [0.29, 0.717) is 30.2 Å². The highest BCUT2D eigenvalue weighted by Gasteiger charge is 2.10. The van der Waals surface area contributed by atoms with Gasteiger partial charge in [0.25, 0.3) is 5.91 Å². The zero-order chi connectivity index (χ0) is 23.9. The summed E-state index contributed by atoms with van der Waals surface area (Å²) in [6.45, 7) is 4.67. The Balaban J connectivity index is 1.25. The second-order valence-electron chi connectivity index (χ2n) is 7.66. The first-order chi connectivity index (χ1) is 16.5. The summed E-state index contributed by atoms with van der Waals surface area (Å²) in [6.07, 6.45) is 3.88. The molecule has 0 bridgehead atoms. The summed E-state index contributed by atoms with van der Waals surface area (Å²) >= 11 is 0. The van der Waals surface area contributed by atoms with Crippen LogP contribution in [0.2, 0.25) is 0 Å². The molecule has 0 aliphatic rings. The molecule has 0 saturated carbocycles. The minimum Gasteiger partial charge on any atom is -0.494 e. The molecule has 34 heavy (non-hydrogen) atoms. The predicted octanol–water partition coefficient (Wildman–Crippen LogP) is 3.99.